The number of hydrogen-bond acceptors (Lipinski definition) is 3. The lowest BCUT2D eigenvalue weighted by Gasteiger charge is -2.17. The predicted octanol–water partition coefficient (Wildman–Crippen LogP) is 2.47. The van der Waals surface area contributed by atoms with Crippen molar-refractivity contribution in [2.45, 2.75) is 19.5 Å². The van der Waals surface area contributed by atoms with Gasteiger partial charge >= 0.3 is 0 Å². The minimum atomic E-state index is -0.154. The standard InChI is InChI=1S/C14H18N2OS/c1-10(14(17)16(2)3)15-8-11-9-18-13-7-5-4-6-12(11)13/h4-7,9-10,15H,8H2,1-3H3. The van der Waals surface area contributed by atoms with Crippen LogP contribution in [0.1, 0.15) is 12.5 Å². The van der Waals surface area contributed by atoms with Crippen LogP contribution in [0.2, 0.25) is 0 Å². The van der Waals surface area contributed by atoms with Gasteiger partial charge in [0.15, 0.2) is 0 Å². The second-order valence-electron chi connectivity index (χ2n) is 4.59. The zero-order valence-corrected chi connectivity index (χ0v) is 11.8. The zero-order chi connectivity index (χ0) is 13.1. The Balaban J connectivity index is 2.04. The highest BCUT2D eigenvalue weighted by Gasteiger charge is 2.14. The van der Waals surface area contributed by atoms with Crippen LogP contribution < -0.4 is 5.32 Å². The molecular formula is C14H18N2OS. The molecule has 0 aliphatic heterocycles. The molecule has 18 heavy (non-hydrogen) atoms. The van der Waals surface area contributed by atoms with Gasteiger partial charge in [-0.25, -0.2) is 0 Å². The number of rotatable bonds is 4. The number of carbonyl (C=O) groups excluding carboxylic acids is 1. The molecule has 4 heteroatoms. The van der Waals surface area contributed by atoms with Crippen LogP contribution in [0.5, 0.6) is 0 Å². The molecular weight excluding hydrogens is 244 g/mol. The molecule has 1 aromatic heterocycles. The van der Waals surface area contributed by atoms with Crippen LogP contribution >= 0.6 is 11.3 Å². The normalized spacial score (nSPS) is 12.6. The summed E-state index contributed by atoms with van der Waals surface area (Å²) in [7, 11) is 3.56. The van der Waals surface area contributed by atoms with Crippen LogP contribution in [0.15, 0.2) is 29.6 Å². The van der Waals surface area contributed by atoms with Crippen LogP contribution in [0.25, 0.3) is 10.1 Å². The fraction of sp³-hybridized carbons (Fsp3) is 0.357. The van der Waals surface area contributed by atoms with Crippen molar-refractivity contribution < 1.29 is 4.79 Å². The van der Waals surface area contributed by atoms with E-state index < -0.39 is 0 Å². The zero-order valence-electron chi connectivity index (χ0n) is 10.9. The van der Waals surface area contributed by atoms with Gasteiger partial charge in [0.25, 0.3) is 0 Å². The van der Waals surface area contributed by atoms with Gasteiger partial charge in [0, 0.05) is 25.3 Å². The Kier molecular flexibility index (Phi) is 3.99. The molecule has 1 atom stereocenters. The molecule has 1 N–H and O–H groups in total. The van der Waals surface area contributed by atoms with Crippen molar-refractivity contribution in [1.29, 1.82) is 0 Å². The molecule has 1 unspecified atom stereocenters. The quantitative estimate of drug-likeness (QED) is 0.918. The lowest BCUT2D eigenvalue weighted by atomic mass is 10.1. The van der Waals surface area contributed by atoms with Crippen molar-refractivity contribution in [3.8, 4) is 0 Å². The van der Waals surface area contributed by atoms with Gasteiger partial charge in [-0.1, -0.05) is 18.2 Å². The molecule has 0 aliphatic rings. The highest BCUT2D eigenvalue weighted by atomic mass is 32.1. The molecule has 3 nitrogen and oxygen atoms in total. The number of fused-ring (bicyclic) bond motifs is 1. The molecule has 1 heterocycles. The summed E-state index contributed by atoms with van der Waals surface area (Å²) in [4.78, 5) is 13.3. The minimum absolute atomic E-state index is 0.106. The minimum Gasteiger partial charge on any atom is -0.347 e. The smallest absolute Gasteiger partial charge is 0.238 e. The van der Waals surface area contributed by atoms with E-state index in [2.05, 4.69) is 22.8 Å². The summed E-state index contributed by atoms with van der Waals surface area (Å²) in [6, 6.07) is 8.19. The molecule has 1 aromatic carbocycles. The van der Waals surface area contributed by atoms with Crippen molar-refractivity contribution in [2.75, 3.05) is 14.1 Å². The lowest BCUT2D eigenvalue weighted by molar-refractivity contribution is -0.130. The van der Waals surface area contributed by atoms with E-state index >= 15 is 0 Å². The van der Waals surface area contributed by atoms with Gasteiger partial charge in [0.2, 0.25) is 5.91 Å². The number of likely N-dealkylation sites (N-methyl/N-ethyl adjacent to an activating group) is 1. The monoisotopic (exact) mass is 262 g/mol. The fourth-order valence-electron chi connectivity index (χ4n) is 1.91. The summed E-state index contributed by atoms with van der Waals surface area (Å²) in [6.07, 6.45) is 0. The maximum atomic E-state index is 11.7. The van der Waals surface area contributed by atoms with Crippen molar-refractivity contribution in [3.05, 3.63) is 35.2 Å². The third kappa shape index (κ3) is 2.71. The molecule has 0 saturated heterocycles. The van der Waals surface area contributed by atoms with E-state index in [1.165, 1.54) is 15.6 Å². The SMILES string of the molecule is CC(NCc1csc2ccccc12)C(=O)N(C)C. The summed E-state index contributed by atoms with van der Waals surface area (Å²) < 4.78 is 1.29. The Morgan fingerprint density at radius 1 is 1.39 bits per heavy atom. The van der Waals surface area contributed by atoms with E-state index in [4.69, 9.17) is 0 Å². The van der Waals surface area contributed by atoms with Gasteiger partial charge < -0.3 is 10.2 Å². The van der Waals surface area contributed by atoms with E-state index in [1.807, 2.05) is 19.1 Å². The van der Waals surface area contributed by atoms with Crippen LogP contribution in [0, 0.1) is 0 Å². The highest BCUT2D eigenvalue weighted by Crippen LogP contribution is 2.25. The summed E-state index contributed by atoms with van der Waals surface area (Å²) >= 11 is 1.74. The molecule has 0 bridgehead atoms. The molecule has 96 valence electrons. The van der Waals surface area contributed by atoms with Crippen molar-refractivity contribution in [2.24, 2.45) is 0 Å². The Bertz CT molecular complexity index is 547. The fourth-order valence-corrected chi connectivity index (χ4v) is 2.87. The molecule has 1 amide bonds. The third-order valence-corrected chi connectivity index (χ3v) is 3.98. The first-order valence-corrected chi connectivity index (χ1v) is 6.87. The van der Waals surface area contributed by atoms with E-state index in [1.54, 1.807) is 30.3 Å². The second kappa shape index (κ2) is 5.50. The number of benzene rings is 1. The molecule has 2 aromatic rings. The molecule has 0 saturated carbocycles. The maximum Gasteiger partial charge on any atom is 0.238 e. The first kappa shape index (κ1) is 13.1. The summed E-state index contributed by atoms with van der Waals surface area (Å²) in [5.74, 6) is 0.106. The Morgan fingerprint density at radius 3 is 2.83 bits per heavy atom. The van der Waals surface area contributed by atoms with E-state index in [0.29, 0.717) is 0 Å². The van der Waals surface area contributed by atoms with Gasteiger partial charge in [-0.15, -0.1) is 11.3 Å². The van der Waals surface area contributed by atoms with E-state index in [-0.39, 0.29) is 11.9 Å². The molecule has 2 rings (SSSR count). The summed E-state index contributed by atoms with van der Waals surface area (Å²) in [5.41, 5.74) is 1.26. The predicted molar refractivity (Wildman–Crippen MR) is 76.8 cm³/mol. The van der Waals surface area contributed by atoms with Gasteiger partial charge in [-0.3, -0.25) is 4.79 Å². The highest BCUT2D eigenvalue weighted by molar-refractivity contribution is 7.17. The van der Waals surface area contributed by atoms with Gasteiger partial charge in [0.05, 0.1) is 6.04 Å². The Labute approximate surface area is 111 Å². The molecule has 0 radical (unpaired) electrons. The number of nitrogens with zero attached hydrogens (tertiary/aromatic N) is 1. The number of amides is 1. The Morgan fingerprint density at radius 2 is 2.11 bits per heavy atom. The van der Waals surface area contributed by atoms with E-state index in [9.17, 15) is 4.79 Å². The summed E-state index contributed by atoms with van der Waals surface area (Å²) in [5, 5.41) is 6.71. The molecule has 0 fully saturated rings. The van der Waals surface area contributed by atoms with Gasteiger partial charge in [-0.2, -0.15) is 0 Å². The second-order valence-corrected chi connectivity index (χ2v) is 5.50. The first-order valence-electron chi connectivity index (χ1n) is 5.99. The van der Waals surface area contributed by atoms with Crippen LogP contribution in [-0.4, -0.2) is 30.9 Å². The van der Waals surface area contributed by atoms with Crippen molar-refractivity contribution >= 4 is 27.3 Å². The number of hydrogen-bond donors (Lipinski definition) is 1. The topological polar surface area (TPSA) is 32.3 Å². The average molecular weight is 262 g/mol. The van der Waals surface area contributed by atoms with Crippen LogP contribution in [0.3, 0.4) is 0 Å². The van der Waals surface area contributed by atoms with E-state index in [0.717, 1.165) is 6.54 Å². The summed E-state index contributed by atoms with van der Waals surface area (Å²) in [6.45, 7) is 2.63. The third-order valence-electron chi connectivity index (χ3n) is 2.97. The van der Waals surface area contributed by atoms with Gasteiger partial charge in [-0.05, 0) is 29.3 Å². The van der Waals surface area contributed by atoms with Crippen molar-refractivity contribution in [3.63, 3.8) is 0 Å². The van der Waals surface area contributed by atoms with Gasteiger partial charge in [0.1, 0.15) is 0 Å². The number of carbonyl (C=O) groups is 1. The number of nitrogens with one attached hydrogen (secondary N) is 1. The molecule has 0 spiro atoms. The van der Waals surface area contributed by atoms with Crippen molar-refractivity contribution in [1.82, 2.24) is 10.2 Å². The van der Waals surface area contributed by atoms with Crippen LogP contribution in [0.4, 0.5) is 0 Å². The molecule has 0 aliphatic carbocycles. The number of thiophene rings is 1. The maximum absolute atomic E-state index is 11.7. The van der Waals surface area contributed by atoms with Crippen LogP contribution in [-0.2, 0) is 11.3 Å². The average Bonchev–Trinajstić information content (AvgIpc) is 2.78. The Hall–Kier alpha value is -1.39. The largest absolute Gasteiger partial charge is 0.347 e. The lowest BCUT2D eigenvalue weighted by Crippen LogP contribution is -2.41. The first-order chi connectivity index (χ1) is 8.59.